The van der Waals surface area contributed by atoms with Gasteiger partial charge >= 0.3 is 0 Å². The van der Waals surface area contributed by atoms with Gasteiger partial charge in [0.2, 0.25) is 5.91 Å². The van der Waals surface area contributed by atoms with Crippen LogP contribution in [0.3, 0.4) is 0 Å². The molecule has 0 bridgehead atoms. The topological polar surface area (TPSA) is 44.8 Å². The van der Waals surface area contributed by atoms with Gasteiger partial charge in [0.05, 0.1) is 13.2 Å². The van der Waals surface area contributed by atoms with E-state index in [0.717, 1.165) is 39.1 Å². The van der Waals surface area contributed by atoms with Crippen molar-refractivity contribution in [3.8, 4) is 0 Å². The van der Waals surface area contributed by atoms with E-state index in [1.54, 1.807) is 7.11 Å². The van der Waals surface area contributed by atoms with Crippen LogP contribution in [0.4, 0.5) is 0 Å². The first-order valence-corrected chi connectivity index (χ1v) is 8.41. The lowest BCUT2D eigenvalue weighted by atomic mass is 10.0. The van der Waals surface area contributed by atoms with Crippen LogP contribution < -0.4 is 5.32 Å². The van der Waals surface area contributed by atoms with Crippen molar-refractivity contribution in [1.29, 1.82) is 0 Å². The Morgan fingerprint density at radius 1 is 1.38 bits per heavy atom. The molecule has 2 aliphatic rings. The molecule has 2 rings (SSSR count). The lowest BCUT2D eigenvalue weighted by molar-refractivity contribution is -0.134. The summed E-state index contributed by atoms with van der Waals surface area (Å²) in [5, 5.41) is 3.52. The number of hydrogen-bond donors (Lipinski definition) is 1. The average molecular weight is 297 g/mol. The number of nitrogens with one attached hydrogen (secondary N) is 1. The molecule has 21 heavy (non-hydrogen) atoms. The number of rotatable bonds is 7. The summed E-state index contributed by atoms with van der Waals surface area (Å²) in [6.07, 6.45) is 4.87. The smallest absolute Gasteiger partial charge is 0.236 e. The summed E-state index contributed by atoms with van der Waals surface area (Å²) in [5.41, 5.74) is 0. The molecule has 122 valence electrons. The number of hydrogen-bond acceptors (Lipinski definition) is 4. The first kappa shape index (κ1) is 16.7. The molecule has 0 saturated carbocycles. The van der Waals surface area contributed by atoms with Gasteiger partial charge in [0.1, 0.15) is 0 Å². The van der Waals surface area contributed by atoms with E-state index in [0.29, 0.717) is 25.1 Å². The summed E-state index contributed by atoms with van der Waals surface area (Å²) in [6.45, 7) is 8.24. The van der Waals surface area contributed by atoms with Crippen LogP contribution in [0.15, 0.2) is 0 Å². The fraction of sp³-hybridized carbons (Fsp3) is 0.938. The van der Waals surface area contributed by atoms with E-state index < -0.39 is 0 Å². The second-order valence-corrected chi connectivity index (χ2v) is 6.61. The number of amides is 1. The van der Waals surface area contributed by atoms with Gasteiger partial charge in [-0.2, -0.15) is 0 Å². The highest BCUT2D eigenvalue weighted by atomic mass is 16.5. The van der Waals surface area contributed by atoms with Gasteiger partial charge in [-0.15, -0.1) is 0 Å². The van der Waals surface area contributed by atoms with Crippen LogP contribution in [0.5, 0.6) is 0 Å². The Labute approximate surface area is 129 Å². The fourth-order valence-electron chi connectivity index (χ4n) is 3.39. The third-order valence-electron chi connectivity index (χ3n) is 4.62. The Bertz CT molecular complexity index is 319. The predicted octanol–water partition coefficient (Wildman–Crippen LogP) is 0.945. The summed E-state index contributed by atoms with van der Waals surface area (Å²) in [7, 11) is 1.72. The van der Waals surface area contributed by atoms with Crippen LogP contribution in [0, 0.1) is 5.92 Å². The summed E-state index contributed by atoms with van der Waals surface area (Å²) in [5.74, 6) is 0.933. The summed E-state index contributed by atoms with van der Waals surface area (Å²) >= 11 is 0. The average Bonchev–Trinajstić information content (AvgIpc) is 2.97. The molecule has 2 unspecified atom stereocenters. The lowest BCUT2D eigenvalue weighted by Gasteiger charge is -2.33. The zero-order valence-electron chi connectivity index (χ0n) is 13.6. The number of carbonyl (C=O) groups is 1. The zero-order chi connectivity index (χ0) is 15.1. The van der Waals surface area contributed by atoms with Crippen LogP contribution in [-0.2, 0) is 9.53 Å². The molecule has 0 aromatic carbocycles. The van der Waals surface area contributed by atoms with Gasteiger partial charge in [-0.25, -0.2) is 0 Å². The van der Waals surface area contributed by atoms with E-state index in [9.17, 15) is 4.79 Å². The Kier molecular flexibility index (Phi) is 6.93. The van der Waals surface area contributed by atoms with Gasteiger partial charge in [-0.1, -0.05) is 6.92 Å². The first-order valence-electron chi connectivity index (χ1n) is 8.41. The molecule has 0 spiro atoms. The Balaban J connectivity index is 1.82. The molecule has 0 aromatic rings. The molecule has 5 nitrogen and oxygen atoms in total. The van der Waals surface area contributed by atoms with Crippen LogP contribution in [-0.4, -0.2) is 74.7 Å². The molecular formula is C16H31N3O2. The van der Waals surface area contributed by atoms with E-state index in [4.69, 9.17) is 4.74 Å². The second-order valence-electron chi connectivity index (χ2n) is 6.61. The molecule has 0 radical (unpaired) electrons. The molecule has 5 heteroatoms. The maximum Gasteiger partial charge on any atom is 0.236 e. The highest BCUT2D eigenvalue weighted by Crippen LogP contribution is 2.16. The number of piperidine rings is 1. The molecule has 2 fully saturated rings. The van der Waals surface area contributed by atoms with Crippen molar-refractivity contribution in [2.24, 2.45) is 5.92 Å². The fourth-order valence-corrected chi connectivity index (χ4v) is 3.39. The standard InChI is InChI=1S/C16H31N3O2/c1-14-5-4-8-19(11-14)16(20)13-18(9-10-21-2)12-15-6-3-7-17-15/h14-15,17H,3-13H2,1-2H3. The Morgan fingerprint density at radius 3 is 2.90 bits per heavy atom. The van der Waals surface area contributed by atoms with Crippen molar-refractivity contribution in [2.75, 3.05) is 53.0 Å². The van der Waals surface area contributed by atoms with E-state index in [-0.39, 0.29) is 5.91 Å². The molecule has 2 atom stereocenters. The molecule has 1 N–H and O–H groups in total. The van der Waals surface area contributed by atoms with Crippen LogP contribution in [0.25, 0.3) is 0 Å². The molecule has 2 aliphatic heterocycles. The van der Waals surface area contributed by atoms with E-state index in [2.05, 4.69) is 22.0 Å². The van der Waals surface area contributed by atoms with Crippen molar-refractivity contribution in [1.82, 2.24) is 15.1 Å². The SMILES string of the molecule is COCCN(CC(=O)N1CCCC(C)C1)CC1CCCN1. The van der Waals surface area contributed by atoms with Crippen molar-refractivity contribution in [2.45, 2.75) is 38.6 Å². The number of methoxy groups -OCH3 is 1. The number of nitrogens with zero attached hydrogens (tertiary/aromatic N) is 2. The largest absolute Gasteiger partial charge is 0.383 e. The minimum absolute atomic E-state index is 0.288. The van der Waals surface area contributed by atoms with Crippen molar-refractivity contribution in [3.05, 3.63) is 0 Å². The molecule has 0 aromatic heterocycles. The van der Waals surface area contributed by atoms with Crippen LogP contribution in [0.1, 0.15) is 32.6 Å². The summed E-state index contributed by atoms with van der Waals surface area (Å²) in [4.78, 5) is 16.8. The van der Waals surface area contributed by atoms with Crippen molar-refractivity contribution in [3.63, 3.8) is 0 Å². The predicted molar refractivity (Wildman–Crippen MR) is 84.3 cm³/mol. The minimum atomic E-state index is 0.288. The highest BCUT2D eigenvalue weighted by Gasteiger charge is 2.24. The summed E-state index contributed by atoms with van der Waals surface area (Å²) in [6, 6.07) is 0.537. The number of carbonyl (C=O) groups excluding carboxylic acids is 1. The molecule has 0 aliphatic carbocycles. The van der Waals surface area contributed by atoms with E-state index in [1.165, 1.54) is 19.3 Å². The second kappa shape index (κ2) is 8.71. The third-order valence-corrected chi connectivity index (χ3v) is 4.62. The van der Waals surface area contributed by atoms with Gasteiger partial charge in [-0.3, -0.25) is 9.69 Å². The quantitative estimate of drug-likeness (QED) is 0.760. The number of likely N-dealkylation sites (tertiary alicyclic amines) is 1. The highest BCUT2D eigenvalue weighted by molar-refractivity contribution is 5.78. The van der Waals surface area contributed by atoms with Gasteiger partial charge in [0, 0.05) is 39.3 Å². The van der Waals surface area contributed by atoms with Gasteiger partial charge in [-0.05, 0) is 38.1 Å². The monoisotopic (exact) mass is 297 g/mol. The third kappa shape index (κ3) is 5.57. The van der Waals surface area contributed by atoms with E-state index >= 15 is 0 Å². The van der Waals surface area contributed by atoms with Crippen molar-refractivity contribution < 1.29 is 9.53 Å². The molecule has 2 saturated heterocycles. The Hall–Kier alpha value is -0.650. The molecule has 2 heterocycles. The maximum atomic E-state index is 12.5. The van der Waals surface area contributed by atoms with E-state index in [1.807, 2.05) is 0 Å². The number of ether oxygens (including phenoxy) is 1. The normalized spacial score (nSPS) is 26.5. The van der Waals surface area contributed by atoms with Gasteiger partial charge in [0.15, 0.2) is 0 Å². The zero-order valence-corrected chi connectivity index (χ0v) is 13.6. The first-order chi connectivity index (χ1) is 10.2. The van der Waals surface area contributed by atoms with Crippen LogP contribution >= 0.6 is 0 Å². The van der Waals surface area contributed by atoms with Gasteiger partial charge in [0.25, 0.3) is 0 Å². The van der Waals surface area contributed by atoms with Gasteiger partial charge < -0.3 is 15.0 Å². The van der Waals surface area contributed by atoms with Crippen LogP contribution in [0.2, 0.25) is 0 Å². The molecular weight excluding hydrogens is 266 g/mol. The molecule has 1 amide bonds. The Morgan fingerprint density at radius 2 is 2.24 bits per heavy atom. The van der Waals surface area contributed by atoms with Crippen molar-refractivity contribution >= 4 is 5.91 Å². The maximum absolute atomic E-state index is 12.5. The summed E-state index contributed by atoms with van der Waals surface area (Å²) < 4.78 is 5.19. The lowest BCUT2D eigenvalue weighted by Crippen LogP contribution is -2.48. The minimum Gasteiger partial charge on any atom is -0.383 e.